The molecule has 1 aliphatic heterocycles. The SMILES string of the molecule is [N-]=[N+]=NCCCCC(NC(=O)CCOCCOCCN1C(=O)C=CC1=O)C(=O)NCCOCCOCCNC(=O)OCC1c2ccccc2-c2ccccc21. The van der Waals surface area contributed by atoms with E-state index in [1.807, 2.05) is 24.3 Å². The molecule has 0 saturated heterocycles. The molecule has 3 N–H and O–H groups in total. The molecule has 1 heterocycles. The molecule has 1 unspecified atom stereocenters. The number of ether oxygens (including phenoxy) is 5. The van der Waals surface area contributed by atoms with Crippen molar-refractivity contribution in [2.45, 2.75) is 37.6 Å². The van der Waals surface area contributed by atoms with E-state index in [0.717, 1.165) is 27.2 Å². The van der Waals surface area contributed by atoms with Crippen molar-refractivity contribution in [2.75, 3.05) is 85.6 Å². The van der Waals surface area contributed by atoms with Gasteiger partial charge in [-0.25, -0.2) is 4.79 Å². The number of nitrogens with one attached hydrogen (secondary N) is 3. The van der Waals surface area contributed by atoms with Crippen LogP contribution in [0.3, 0.4) is 0 Å². The first-order valence-corrected chi connectivity index (χ1v) is 18.4. The molecule has 0 bridgehead atoms. The summed E-state index contributed by atoms with van der Waals surface area (Å²) in [5, 5.41) is 11.7. The number of nitrogens with zero attached hydrogens (tertiary/aromatic N) is 4. The number of fused-ring (bicyclic) bond motifs is 3. The summed E-state index contributed by atoms with van der Waals surface area (Å²) in [6.45, 7) is 2.92. The number of unbranched alkanes of at least 4 members (excludes halogenated alkanes) is 1. The minimum absolute atomic E-state index is 0.0137. The second-order valence-electron chi connectivity index (χ2n) is 12.5. The summed E-state index contributed by atoms with van der Waals surface area (Å²) >= 11 is 0. The highest BCUT2D eigenvalue weighted by molar-refractivity contribution is 6.12. The van der Waals surface area contributed by atoms with E-state index in [1.165, 1.54) is 12.2 Å². The molecule has 0 aromatic heterocycles. The minimum atomic E-state index is -0.792. The summed E-state index contributed by atoms with van der Waals surface area (Å²) in [6, 6.07) is 15.5. The Morgan fingerprint density at radius 3 is 1.98 bits per heavy atom. The number of imide groups is 1. The molecular weight excluding hydrogens is 714 g/mol. The van der Waals surface area contributed by atoms with E-state index in [2.05, 4.69) is 50.2 Å². The van der Waals surface area contributed by atoms with Crippen molar-refractivity contribution in [3.8, 4) is 11.1 Å². The first kappa shape index (κ1) is 42.4. The fourth-order valence-electron chi connectivity index (χ4n) is 5.97. The summed E-state index contributed by atoms with van der Waals surface area (Å²) in [5.41, 5.74) is 13.1. The molecule has 0 spiro atoms. The van der Waals surface area contributed by atoms with Crippen molar-refractivity contribution < 1.29 is 47.7 Å². The van der Waals surface area contributed by atoms with Crippen LogP contribution in [-0.4, -0.2) is 126 Å². The minimum Gasteiger partial charge on any atom is -0.449 e. The van der Waals surface area contributed by atoms with Crippen LogP contribution >= 0.6 is 0 Å². The molecule has 5 amide bonds. The summed E-state index contributed by atoms with van der Waals surface area (Å²) < 4.78 is 27.4. The Kier molecular flexibility index (Phi) is 18.6. The van der Waals surface area contributed by atoms with Gasteiger partial charge in [0.1, 0.15) is 12.6 Å². The van der Waals surface area contributed by atoms with Crippen LogP contribution in [0.15, 0.2) is 65.8 Å². The number of rotatable bonds is 27. The van der Waals surface area contributed by atoms with Gasteiger partial charge in [-0.2, -0.15) is 0 Å². The Morgan fingerprint density at radius 2 is 1.35 bits per heavy atom. The first-order chi connectivity index (χ1) is 26.9. The Bertz CT molecular complexity index is 1600. The van der Waals surface area contributed by atoms with Crippen LogP contribution in [0.25, 0.3) is 21.6 Å². The number of azide groups is 1. The molecule has 0 fully saturated rings. The fourth-order valence-corrected chi connectivity index (χ4v) is 5.97. The molecule has 17 nitrogen and oxygen atoms in total. The Labute approximate surface area is 319 Å². The first-order valence-electron chi connectivity index (χ1n) is 18.4. The maximum atomic E-state index is 12.9. The molecule has 2 aromatic rings. The zero-order valence-corrected chi connectivity index (χ0v) is 30.8. The number of amides is 5. The summed E-state index contributed by atoms with van der Waals surface area (Å²) in [6.07, 6.45) is 3.40. The van der Waals surface area contributed by atoms with Gasteiger partial charge in [0.25, 0.3) is 11.8 Å². The van der Waals surface area contributed by atoms with Crippen LogP contribution in [0.1, 0.15) is 42.7 Å². The Hall–Kier alpha value is -5.32. The van der Waals surface area contributed by atoms with Gasteiger partial charge in [0, 0.05) is 49.0 Å². The molecule has 17 heteroatoms. The zero-order valence-electron chi connectivity index (χ0n) is 30.8. The summed E-state index contributed by atoms with van der Waals surface area (Å²) in [5.74, 6) is -1.48. The standard InChI is InChI=1S/C38H49N7O10/c39-44-42-15-6-5-11-33(43-34(46)14-19-51-23-26-54-22-18-45-35(47)12-13-36(45)48)37(49)40-16-20-52-24-25-53-21-17-41-38(50)55-27-32-30-9-3-1-7-28(30)29-8-2-4-10-31(29)32/h1-4,7-10,12-13,32-33H,5-6,11,14-27H2,(H,40,49)(H,41,50)(H,43,46). The van der Waals surface area contributed by atoms with Crippen molar-refractivity contribution >= 4 is 29.7 Å². The van der Waals surface area contributed by atoms with Crippen LogP contribution in [-0.2, 0) is 42.9 Å². The van der Waals surface area contributed by atoms with E-state index in [4.69, 9.17) is 29.2 Å². The molecule has 2 aromatic carbocycles. The van der Waals surface area contributed by atoms with E-state index < -0.39 is 12.1 Å². The van der Waals surface area contributed by atoms with Crippen molar-refractivity contribution in [1.82, 2.24) is 20.9 Å². The predicted molar refractivity (Wildman–Crippen MR) is 200 cm³/mol. The largest absolute Gasteiger partial charge is 0.449 e. The van der Waals surface area contributed by atoms with Gasteiger partial charge in [0.15, 0.2) is 0 Å². The van der Waals surface area contributed by atoms with Crippen LogP contribution in [0.2, 0.25) is 0 Å². The fraction of sp³-hybridized carbons (Fsp3) is 0.500. The number of carbonyl (C=O) groups is 5. The molecular formula is C38H49N7O10. The maximum Gasteiger partial charge on any atom is 0.407 e. The van der Waals surface area contributed by atoms with E-state index in [-0.39, 0.29) is 122 Å². The van der Waals surface area contributed by atoms with Gasteiger partial charge in [0.05, 0.1) is 59.4 Å². The smallest absolute Gasteiger partial charge is 0.407 e. The quantitative estimate of drug-likeness (QED) is 0.0397. The monoisotopic (exact) mass is 763 g/mol. The van der Waals surface area contributed by atoms with Gasteiger partial charge in [-0.15, -0.1) is 0 Å². The van der Waals surface area contributed by atoms with Crippen molar-refractivity contribution in [3.05, 3.63) is 82.3 Å². The highest BCUT2D eigenvalue weighted by Crippen LogP contribution is 2.44. The highest BCUT2D eigenvalue weighted by Gasteiger charge is 2.29. The van der Waals surface area contributed by atoms with Crippen LogP contribution in [0.4, 0.5) is 4.79 Å². The van der Waals surface area contributed by atoms with E-state index in [1.54, 1.807) is 0 Å². The molecule has 1 atom stereocenters. The third-order valence-corrected chi connectivity index (χ3v) is 8.70. The van der Waals surface area contributed by atoms with E-state index in [0.29, 0.717) is 19.3 Å². The van der Waals surface area contributed by atoms with E-state index >= 15 is 0 Å². The highest BCUT2D eigenvalue weighted by atomic mass is 16.6. The van der Waals surface area contributed by atoms with Crippen LogP contribution in [0, 0.1) is 0 Å². The molecule has 296 valence electrons. The number of carbonyl (C=O) groups excluding carboxylic acids is 5. The van der Waals surface area contributed by atoms with Crippen LogP contribution < -0.4 is 16.0 Å². The van der Waals surface area contributed by atoms with Gasteiger partial charge >= 0.3 is 6.09 Å². The van der Waals surface area contributed by atoms with Gasteiger partial charge < -0.3 is 39.6 Å². The molecule has 1 aliphatic carbocycles. The normalized spacial score (nSPS) is 13.6. The molecule has 2 aliphatic rings. The number of alkyl carbamates (subject to hydrolysis) is 1. The topological polar surface area (TPSA) is 220 Å². The molecule has 55 heavy (non-hydrogen) atoms. The maximum absolute atomic E-state index is 12.9. The Morgan fingerprint density at radius 1 is 0.764 bits per heavy atom. The second-order valence-corrected chi connectivity index (χ2v) is 12.5. The molecule has 0 radical (unpaired) electrons. The average Bonchev–Trinajstić information content (AvgIpc) is 3.69. The van der Waals surface area contributed by atoms with Gasteiger partial charge in [-0.1, -0.05) is 60.1 Å². The second kappa shape index (κ2) is 24.2. The predicted octanol–water partition coefficient (Wildman–Crippen LogP) is 2.99. The number of hydrogen-bond acceptors (Lipinski definition) is 11. The van der Waals surface area contributed by atoms with Crippen molar-refractivity contribution in [3.63, 3.8) is 0 Å². The third kappa shape index (κ3) is 14.4. The van der Waals surface area contributed by atoms with Gasteiger partial charge in [-0.3, -0.25) is 24.1 Å². The summed E-state index contributed by atoms with van der Waals surface area (Å²) in [7, 11) is 0. The molecule has 0 saturated carbocycles. The number of benzene rings is 2. The lowest BCUT2D eigenvalue weighted by Gasteiger charge is -2.18. The third-order valence-electron chi connectivity index (χ3n) is 8.70. The van der Waals surface area contributed by atoms with Crippen LogP contribution in [0.5, 0.6) is 0 Å². The zero-order chi connectivity index (χ0) is 39.1. The van der Waals surface area contributed by atoms with Gasteiger partial charge in [-0.05, 0) is 40.6 Å². The average molecular weight is 764 g/mol. The van der Waals surface area contributed by atoms with Crippen molar-refractivity contribution in [1.29, 1.82) is 0 Å². The number of hydrogen-bond donors (Lipinski definition) is 3. The lowest BCUT2D eigenvalue weighted by molar-refractivity contribution is -0.137. The summed E-state index contributed by atoms with van der Waals surface area (Å²) in [4.78, 5) is 64.6. The van der Waals surface area contributed by atoms with E-state index in [9.17, 15) is 24.0 Å². The Balaban J connectivity index is 1.01. The molecule has 4 rings (SSSR count). The van der Waals surface area contributed by atoms with Crippen molar-refractivity contribution in [2.24, 2.45) is 5.11 Å². The lowest BCUT2D eigenvalue weighted by atomic mass is 9.98. The van der Waals surface area contributed by atoms with Gasteiger partial charge in [0.2, 0.25) is 11.8 Å². The lowest BCUT2D eigenvalue weighted by Crippen LogP contribution is -2.47.